The van der Waals surface area contributed by atoms with E-state index in [1.807, 2.05) is 55.1 Å². The summed E-state index contributed by atoms with van der Waals surface area (Å²) in [5, 5.41) is 2.86. The van der Waals surface area contributed by atoms with Crippen LogP contribution in [0.3, 0.4) is 0 Å². The quantitative estimate of drug-likeness (QED) is 0.527. The normalized spacial score (nSPS) is 28.0. The number of nitrogens with zero attached hydrogens (tertiary/aromatic N) is 2. The second-order valence-electron chi connectivity index (χ2n) is 9.56. The van der Waals surface area contributed by atoms with Crippen LogP contribution in [-0.4, -0.2) is 53.8 Å². The molecule has 0 unspecified atom stereocenters. The summed E-state index contributed by atoms with van der Waals surface area (Å²) in [5.41, 5.74) is 1.88. The first-order valence-electron chi connectivity index (χ1n) is 12.0. The highest BCUT2D eigenvalue weighted by molar-refractivity contribution is 6.24. The number of amides is 3. The van der Waals surface area contributed by atoms with E-state index in [4.69, 9.17) is 4.74 Å². The molecule has 3 aliphatic rings. The smallest absolute Gasteiger partial charge is 0.308 e. The van der Waals surface area contributed by atoms with Crippen LogP contribution >= 0.6 is 0 Å². The van der Waals surface area contributed by atoms with Crippen LogP contribution in [-0.2, 0) is 23.9 Å². The number of piperazine rings is 1. The van der Waals surface area contributed by atoms with Gasteiger partial charge in [0.25, 0.3) is 0 Å². The second kappa shape index (κ2) is 8.61. The van der Waals surface area contributed by atoms with E-state index in [0.717, 1.165) is 16.7 Å². The van der Waals surface area contributed by atoms with E-state index in [-0.39, 0.29) is 18.9 Å². The number of imide groups is 1. The summed E-state index contributed by atoms with van der Waals surface area (Å²) >= 11 is 0. The molecule has 2 aromatic rings. The fourth-order valence-electron chi connectivity index (χ4n) is 6.01. The molecule has 5 rings (SSSR count). The lowest BCUT2D eigenvalue weighted by molar-refractivity contribution is -0.156. The van der Waals surface area contributed by atoms with Crippen LogP contribution in [0.15, 0.2) is 48.5 Å². The van der Waals surface area contributed by atoms with Crippen LogP contribution in [0, 0.1) is 25.7 Å². The third kappa shape index (κ3) is 3.46. The lowest BCUT2D eigenvalue weighted by Crippen LogP contribution is -2.67. The largest absolute Gasteiger partial charge is 0.466 e. The zero-order valence-electron chi connectivity index (χ0n) is 20.1. The molecule has 3 heterocycles. The molecule has 0 bridgehead atoms. The van der Waals surface area contributed by atoms with Crippen molar-refractivity contribution in [2.75, 3.05) is 24.6 Å². The molecule has 0 aromatic heterocycles. The van der Waals surface area contributed by atoms with Gasteiger partial charge in [-0.25, -0.2) is 4.90 Å². The SMILES string of the molecule is CCOC(=O)C[C@]12C(=O)NCCN1[C@@H](c1ccc(C)cc1)[C@H]1C(=O)N(c3ccc(C)cc3)C(=O)[C@H]12. The van der Waals surface area contributed by atoms with Gasteiger partial charge in [0.05, 0.1) is 30.6 Å². The van der Waals surface area contributed by atoms with E-state index in [2.05, 4.69) is 5.32 Å². The number of esters is 1. The lowest BCUT2D eigenvalue weighted by Gasteiger charge is -2.45. The molecular weight excluding hydrogens is 446 g/mol. The van der Waals surface area contributed by atoms with E-state index in [0.29, 0.717) is 18.8 Å². The number of benzene rings is 2. The molecule has 3 aliphatic heterocycles. The number of carbonyl (C=O) groups is 4. The van der Waals surface area contributed by atoms with Gasteiger partial charge in [0.1, 0.15) is 5.54 Å². The third-order valence-corrected chi connectivity index (χ3v) is 7.52. The minimum Gasteiger partial charge on any atom is -0.466 e. The molecule has 4 atom stereocenters. The van der Waals surface area contributed by atoms with Crippen molar-refractivity contribution < 1.29 is 23.9 Å². The van der Waals surface area contributed by atoms with E-state index < -0.39 is 41.2 Å². The maximum absolute atomic E-state index is 14.0. The molecule has 0 aliphatic carbocycles. The first kappa shape index (κ1) is 23.2. The Morgan fingerprint density at radius 3 is 2.26 bits per heavy atom. The first-order valence-corrected chi connectivity index (χ1v) is 12.0. The van der Waals surface area contributed by atoms with Crippen LogP contribution < -0.4 is 10.2 Å². The zero-order valence-corrected chi connectivity index (χ0v) is 20.1. The topological polar surface area (TPSA) is 96.0 Å². The number of hydrogen-bond acceptors (Lipinski definition) is 6. The molecule has 35 heavy (non-hydrogen) atoms. The number of rotatable bonds is 5. The van der Waals surface area contributed by atoms with Gasteiger partial charge in [-0.1, -0.05) is 47.5 Å². The van der Waals surface area contributed by atoms with Gasteiger partial charge in [-0.15, -0.1) is 0 Å². The predicted octanol–water partition coefficient (Wildman–Crippen LogP) is 2.29. The summed E-state index contributed by atoms with van der Waals surface area (Å²) in [6.45, 7) is 6.55. The predicted molar refractivity (Wildman–Crippen MR) is 128 cm³/mol. The lowest BCUT2D eigenvalue weighted by atomic mass is 9.76. The highest BCUT2D eigenvalue weighted by atomic mass is 16.5. The summed E-state index contributed by atoms with van der Waals surface area (Å²) in [6, 6.07) is 14.4. The van der Waals surface area contributed by atoms with Gasteiger partial charge in [-0.2, -0.15) is 0 Å². The van der Waals surface area contributed by atoms with E-state index >= 15 is 0 Å². The Morgan fingerprint density at radius 2 is 1.63 bits per heavy atom. The molecule has 3 fully saturated rings. The number of aryl methyl sites for hydroxylation is 2. The number of nitrogens with one attached hydrogen (secondary N) is 1. The summed E-state index contributed by atoms with van der Waals surface area (Å²) < 4.78 is 5.23. The van der Waals surface area contributed by atoms with Gasteiger partial charge >= 0.3 is 5.97 Å². The molecule has 1 N–H and O–H groups in total. The van der Waals surface area contributed by atoms with Gasteiger partial charge < -0.3 is 10.1 Å². The number of ether oxygens (including phenoxy) is 1. The first-order chi connectivity index (χ1) is 16.8. The third-order valence-electron chi connectivity index (χ3n) is 7.52. The van der Waals surface area contributed by atoms with E-state index in [1.54, 1.807) is 19.1 Å². The van der Waals surface area contributed by atoms with Crippen molar-refractivity contribution >= 4 is 29.4 Å². The van der Waals surface area contributed by atoms with Gasteiger partial charge in [0, 0.05) is 19.1 Å². The van der Waals surface area contributed by atoms with Crippen molar-refractivity contribution in [1.29, 1.82) is 0 Å². The van der Waals surface area contributed by atoms with E-state index in [9.17, 15) is 19.2 Å². The van der Waals surface area contributed by atoms with Crippen LogP contribution in [0.2, 0.25) is 0 Å². The fourth-order valence-corrected chi connectivity index (χ4v) is 6.01. The van der Waals surface area contributed by atoms with Crippen molar-refractivity contribution in [1.82, 2.24) is 10.2 Å². The number of hydrogen-bond donors (Lipinski definition) is 1. The zero-order chi connectivity index (χ0) is 24.9. The molecule has 0 spiro atoms. The maximum Gasteiger partial charge on any atom is 0.308 e. The second-order valence-corrected chi connectivity index (χ2v) is 9.56. The summed E-state index contributed by atoms with van der Waals surface area (Å²) in [5.74, 6) is -3.58. The van der Waals surface area contributed by atoms with Crippen molar-refractivity contribution in [2.24, 2.45) is 11.8 Å². The average molecular weight is 476 g/mol. The minimum absolute atomic E-state index is 0.161. The molecule has 8 nitrogen and oxygen atoms in total. The molecule has 0 radical (unpaired) electrons. The van der Waals surface area contributed by atoms with Crippen molar-refractivity contribution in [3.8, 4) is 0 Å². The molecule has 8 heteroatoms. The van der Waals surface area contributed by atoms with Gasteiger partial charge in [0.15, 0.2) is 0 Å². The Labute approximate surface area is 204 Å². The molecule has 0 saturated carbocycles. The Kier molecular flexibility index (Phi) is 5.71. The van der Waals surface area contributed by atoms with Crippen molar-refractivity contribution in [3.63, 3.8) is 0 Å². The summed E-state index contributed by atoms with van der Waals surface area (Å²) in [4.78, 5) is 57.5. The van der Waals surface area contributed by atoms with Gasteiger partial charge in [-0.3, -0.25) is 24.1 Å². The highest BCUT2D eigenvalue weighted by Crippen LogP contribution is 2.57. The van der Waals surface area contributed by atoms with Crippen LogP contribution in [0.1, 0.15) is 36.1 Å². The summed E-state index contributed by atoms with van der Waals surface area (Å²) in [6.07, 6.45) is -0.295. The van der Waals surface area contributed by atoms with Gasteiger partial charge in [-0.05, 0) is 38.5 Å². The molecular formula is C27H29N3O5. The fraction of sp³-hybridized carbons (Fsp3) is 0.407. The Hall–Kier alpha value is -3.52. The average Bonchev–Trinajstić information content (AvgIpc) is 3.26. The monoisotopic (exact) mass is 475 g/mol. The van der Waals surface area contributed by atoms with Crippen molar-refractivity contribution in [2.45, 2.75) is 38.8 Å². The Bertz CT molecular complexity index is 1190. The van der Waals surface area contributed by atoms with Gasteiger partial charge in [0.2, 0.25) is 17.7 Å². The number of carbonyl (C=O) groups excluding carboxylic acids is 4. The molecule has 2 aromatic carbocycles. The van der Waals surface area contributed by atoms with Crippen molar-refractivity contribution in [3.05, 3.63) is 65.2 Å². The maximum atomic E-state index is 14.0. The molecule has 182 valence electrons. The Balaban J connectivity index is 1.69. The Morgan fingerprint density at radius 1 is 1.00 bits per heavy atom. The standard InChI is InChI=1S/C27H29N3O5/c1-4-35-20(31)15-27-22-21(24(32)30(25(22)33)19-11-7-17(3)8-12-19)23(18-9-5-16(2)6-10-18)29(27)14-13-28-26(27)34/h5-12,21-23H,4,13-15H2,1-3H3,(H,28,34)/t21-,22-,23-,27-/m0/s1. The molecule has 3 saturated heterocycles. The number of fused-ring (bicyclic) bond motifs is 3. The van der Waals surface area contributed by atoms with Crippen LogP contribution in [0.5, 0.6) is 0 Å². The van der Waals surface area contributed by atoms with Crippen LogP contribution in [0.4, 0.5) is 5.69 Å². The summed E-state index contributed by atoms with van der Waals surface area (Å²) in [7, 11) is 0. The highest BCUT2D eigenvalue weighted by Gasteiger charge is 2.73. The van der Waals surface area contributed by atoms with Crippen LogP contribution in [0.25, 0.3) is 0 Å². The van der Waals surface area contributed by atoms with E-state index in [1.165, 1.54) is 4.90 Å². The molecule has 3 amide bonds. The minimum atomic E-state index is -1.50. The number of anilines is 1.